The second-order valence-electron chi connectivity index (χ2n) is 3.20. The van der Waals surface area contributed by atoms with Gasteiger partial charge in [-0.3, -0.25) is 0 Å². The molecule has 5 nitrogen and oxygen atoms in total. The lowest BCUT2D eigenvalue weighted by atomic mass is 10.4. The van der Waals surface area contributed by atoms with Gasteiger partial charge in [-0.2, -0.15) is 0 Å². The van der Waals surface area contributed by atoms with Crippen LogP contribution in [0, 0.1) is 6.92 Å². The lowest BCUT2D eigenvalue weighted by molar-refractivity contribution is 0.199. The molecule has 0 unspecified atom stereocenters. The van der Waals surface area contributed by atoms with Crippen molar-refractivity contribution in [1.82, 2.24) is 20.2 Å². The largest absolute Gasteiger partial charge is 0.383 e. The second-order valence-corrected chi connectivity index (χ2v) is 4.04. The Morgan fingerprint density at radius 3 is 2.73 bits per heavy atom. The van der Waals surface area contributed by atoms with E-state index in [1.54, 1.807) is 7.11 Å². The van der Waals surface area contributed by atoms with Crippen LogP contribution in [0.2, 0.25) is 0 Å². The van der Waals surface area contributed by atoms with Gasteiger partial charge in [-0.25, -0.2) is 0 Å². The minimum absolute atomic E-state index is 0.762. The fraction of sp³-hybridized carbons (Fsp3) is 0.778. The SMILES string of the molecule is COCCNCCNCc1snnc1C. The summed E-state index contributed by atoms with van der Waals surface area (Å²) in [5, 5.41) is 10.6. The van der Waals surface area contributed by atoms with E-state index in [0.29, 0.717) is 0 Å². The molecular formula is C9H18N4OS. The van der Waals surface area contributed by atoms with E-state index in [1.807, 2.05) is 6.92 Å². The zero-order valence-electron chi connectivity index (χ0n) is 9.25. The zero-order valence-corrected chi connectivity index (χ0v) is 10.1. The topological polar surface area (TPSA) is 59.1 Å². The van der Waals surface area contributed by atoms with Crippen molar-refractivity contribution in [3.63, 3.8) is 0 Å². The molecule has 0 aliphatic heterocycles. The minimum Gasteiger partial charge on any atom is -0.383 e. The standard InChI is InChI=1S/C9H18N4OS/c1-8-9(15-13-12-8)7-11-4-3-10-5-6-14-2/h10-11H,3-7H2,1-2H3. The van der Waals surface area contributed by atoms with Crippen molar-refractivity contribution in [2.75, 3.05) is 33.4 Å². The van der Waals surface area contributed by atoms with E-state index < -0.39 is 0 Å². The highest BCUT2D eigenvalue weighted by Crippen LogP contribution is 2.07. The van der Waals surface area contributed by atoms with Gasteiger partial charge in [0.25, 0.3) is 0 Å². The van der Waals surface area contributed by atoms with Crippen LogP contribution in [-0.4, -0.2) is 42.9 Å². The van der Waals surface area contributed by atoms with Crippen LogP contribution in [0.4, 0.5) is 0 Å². The number of hydrogen-bond acceptors (Lipinski definition) is 6. The maximum Gasteiger partial charge on any atom is 0.0769 e. The molecule has 1 heterocycles. The molecule has 0 saturated heterocycles. The smallest absolute Gasteiger partial charge is 0.0769 e. The highest BCUT2D eigenvalue weighted by atomic mass is 32.1. The molecule has 0 atom stereocenters. The first-order valence-corrected chi connectivity index (χ1v) is 5.80. The molecule has 15 heavy (non-hydrogen) atoms. The predicted molar refractivity (Wildman–Crippen MR) is 61.1 cm³/mol. The first-order valence-electron chi connectivity index (χ1n) is 5.02. The summed E-state index contributed by atoms with van der Waals surface area (Å²) < 4.78 is 8.81. The average Bonchev–Trinajstić information content (AvgIpc) is 2.63. The normalized spacial score (nSPS) is 10.8. The van der Waals surface area contributed by atoms with Crippen LogP contribution >= 0.6 is 11.5 Å². The van der Waals surface area contributed by atoms with Crippen LogP contribution < -0.4 is 10.6 Å². The summed E-state index contributed by atoms with van der Waals surface area (Å²) in [5.74, 6) is 0. The Morgan fingerprint density at radius 1 is 1.27 bits per heavy atom. The van der Waals surface area contributed by atoms with Crippen molar-refractivity contribution >= 4 is 11.5 Å². The number of aryl methyl sites for hydroxylation is 1. The Hall–Kier alpha value is -0.560. The number of hydrogen-bond donors (Lipinski definition) is 2. The van der Waals surface area contributed by atoms with Gasteiger partial charge in [0.15, 0.2) is 0 Å². The van der Waals surface area contributed by atoms with Crippen LogP contribution in [0.3, 0.4) is 0 Å². The minimum atomic E-state index is 0.762. The van der Waals surface area contributed by atoms with Crippen molar-refractivity contribution in [2.45, 2.75) is 13.5 Å². The van der Waals surface area contributed by atoms with Gasteiger partial charge in [-0.1, -0.05) is 4.49 Å². The second kappa shape index (κ2) is 7.70. The lowest BCUT2D eigenvalue weighted by Gasteiger charge is -2.04. The van der Waals surface area contributed by atoms with Crippen LogP contribution in [0.5, 0.6) is 0 Å². The number of nitrogens with one attached hydrogen (secondary N) is 2. The molecule has 0 aliphatic rings. The van der Waals surface area contributed by atoms with Crippen LogP contribution in [0.15, 0.2) is 0 Å². The molecule has 86 valence electrons. The van der Waals surface area contributed by atoms with Crippen LogP contribution in [0.25, 0.3) is 0 Å². The summed E-state index contributed by atoms with van der Waals surface area (Å²) in [6.07, 6.45) is 0. The van der Waals surface area contributed by atoms with E-state index in [1.165, 1.54) is 16.4 Å². The third-order valence-electron chi connectivity index (χ3n) is 1.99. The third-order valence-corrected chi connectivity index (χ3v) is 2.82. The summed E-state index contributed by atoms with van der Waals surface area (Å²) in [7, 11) is 1.71. The van der Waals surface area contributed by atoms with Crippen molar-refractivity contribution in [2.24, 2.45) is 0 Å². The fourth-order valence-electron chi connectivity index (χ4n) is 1.09. The van der Waals surface area contributed by atoms with Crippen molar-refractivity contribution < 1.29 is 4.74 Å². The molecule has 1 rings (SSSR count). The molecule has 0 aromatic carbocycles. The number of ether oxygens (including phenoxy) is 1. The molecule has 1 aromatic heterocycles. The highest BCUT2D eigenvalue weighted by molar-refractivity contribution is 7.05. The van der Waals surface area contributed by atoms with Crippen molar-refractivity contribution in [3.8, 4) is 0 Å². The maximum atomic E-state index is 4.93. The van der Waals surface area contributed by atoms with Gasteiger partial charge in [-0.15, -0.1) is 5.10 Å². The van der Waals surface area contributed by atoms with Crippen LogP contribution in [-0.2, 0) is 11.3 Å². The fourth-order valence-corrected chi connectivity index (χ4v) is 1.69. The van der Waals surface area contributed by atoms with Gasteiger partial charge in [0.2, 0.25) is 0 Å². The summed E-state index contributed by atoms with van der Waals surface area (Å²) in [6.45, 7) is 6.40. The van der Waals surface area contributed by atoms with Crippen LogP contribution in [0.1, 0.15) is 10.6 Å². The Kier molecular flexibility index (Phi) is 6.42. The number of rotatable bonds is 8. The first-order chi connectivity index (χ1) is 7.34. The number of methoxy groups -OCH3 is 1. The van der Waals surface area contributed by atoms with E-state index in [0.717, 1.165) is 38.5 Å². The van der Waals surface area contributed by atoms with E-state index in [-0.39, 0.29) is 0 Å². The molecule has 0 bridgehead atoms. The monoisotopic (exact) mass is 230 g/mol. The van der Waals surface area contributed by atoms with Gasteiger partial charge in [-0.05, 0) is 18.5 Å². The van der Waals surface area contributed by atoms with E-state index in [9.17, 15) is 0 Å². The van der Waals surface area contributed by atoms with E-state index in [2.05, 4.69) is 20.2 Å². The molecule has 0 spiro atoms. The van der Waals surface area contributed by atoms with Gasteiger partial charge >= 0.3 is 0 Å². The quantitative estimate of drug-likeness (QED) is 0.624. The highest BCUT2D eigenvalue weighted by Gasteiger charge is 2.00. The Morgan fingerprint density at radius 2 is 2.07 bits per heavy atom. The van der Waals surface area contributed by atoms with Gasteiger partial charge in [0, 0.05) is 33.3 Å². The van der Waals surface area contributed by atoms with Gasteiger partial charge in [0.1, 0.15) is 0 Å². The van der Waals surface area contributed by atoms with Crippen molar-refractivity contribution in [3.05, 3.63) is 10.6 Å². The molecule has 0 fully saturated rings. The summed E-state index contributed by atoms with van der Waals surface area (Å²) in [6, 6.07) is 0. The summed E-state index contributed by atoms with van der Waals surface area (Å²) >= 11 is 1.46. The van der Waals surface area contributed by atoms with E-state index >= 15 is 0 Å². The maximum absolute atomic E-state index is 4.93. The Bertz CT molecular complexity index is 266. The Balaban J connectivity index is 1.96. The zero-order chi connectivity index (χ0) is 10.9. The summed E-state index contributed by atoms with van der Waals surface area (Å²) in [4.78, 5) is 1.21. The summed E-state index contributed by atoms with van der Waals surface area (Å²) in [5.41, 5.74) is 1.03. The molecule has 0 amide bonds. The molecular weight excluding hydrogens is 212 g/mol. The lowest BCUT2D eigenvalue weighted by Crippen LogP contribution is -2.29. The Labute approximate surface area is 94.4 Å². The molecule has 0 aliphatic carbocycles. The number of aromatic nitrogens is 2. The molecule has 1 aromatic rings. The third kappa shape index (κ3) is 5.17. The van der Waals surface area contributed by atoms with Gasteiger partial charge < -0.3 is 15.4 Å². The number of nitrogens with zero attached hydrogens (tertiary/aromatic N) is 2. The molecule has 0 radical (unpaired) electrons. The predicted octanol–water partition coefficient (Wildman–Crippen LogP) is 0.172. The first kappa shape index (κ1) is 12.5. The molecule has 0 saturated carbocycles. The molecule has 2 N–H and O–H groups in total. The average molecular weight is 230 g/mol. The van der Waals surface area contributed by atoms with Gasteiger partial charge in [0.05, 0.1) is 17.2 Å². The van der Waals surface area contributed by atoms with Crippen molar-refractivity contribution in [1.29, 1.82) is 0 Å². The molecule has 6 heteroatoms. The van der Waals surface area contributed by atoms with E-state index in [4.69, 9.17) is 4.74 Å².